The van der Waals surface area contributed by atoms with Crippen LogP contribution in [0.1, 0.15) is 24.0 Å². The molecule has 0 aromatic heterocycles. The molecule has 0 spiro atoms. The molecule has 0 aliphatic rings. The molecule has 0 atom stereocenters. The number of hydrogen-bond donors (Lipinski definition) is 0. The summed E-state index contributed by atoms with van der Waals surface area (Å²) in [7, 11) is 6.26. The van der Waals surface area contributed by atoms with Crippen molar-refractivity contribution in [2.75, 3.05) is 28.4 Å². The maximum Gasteiger partial charge on any atom is 0.158 e. The van der Waals surface area contributed by atoms with E-state index in [1.807, 2.05) is 31.2 Å². The Morgan fingerprint density at radius 2 is 1.32 bits per heavy atom. The van der Waals surface area contributed by atoms with E-state index in [2.05, 4.69) is 6.07 Å². The first-order chi connectivity index (χ1) is 10.5. The van der Waals surface area contributed by atoms with Gasteiger partial charge in [-0.15, -0.1) is 0 Å². The normalized spacial score (nSPS) is 11.9. The quantitative estimate of drug-likeness (QED) is 0.657. The van der Waals surface area contributed by atoms with Crippen molar-refractivity contribution in [3.05, 3.63) is 35.4 Å². The average Bonchev–Trinajstić information content (AvgIpc) is 2.56. The van der Waals surface area contributed by atoms with E-state index in [0.717, 1.165) is 11.1 Å². The van der Waals surface area contributed by atoms with Crippen LogP contribution in [0.3, 0.4) is 0 Å². The van der Waals surface area contributed by atoms with Crippen LogP contribution in [0, 0.1) is 18.3 Å². The van der Waals surface area contributed by atoms with Crippen LogP contribution in [-0.2, 0) is 24.4 Å². The van der Waals surface area contributed by atoms with Crippen LogP contribution in [0.2, 0.25) is 0 Å². The van der Waals surface area contributed by atoms with Crippen molar-refractivity contribution in [2.45, 2.75) is 37.8 Å². The number of ether oxygens (including phenoxy) is 4. The third kappa shape index (κ3) is 4.52. The third-order valence-corrected chi connectivity index (χ3v) is 3.90. The zero-order chi connectivity index (χ0) is 16.6. The Labute approximate surface area is 132 Å². The number of methoxy groups -OCH3 is 4. The van der Waals surface area contributed by atoms with Gasteiger partial charge in [0.15, 0.2) is 12.6 Å². The second-order valence-electron chi connectivity index (χ2n) is 5.27. The molecule has 0 bridgehead atoms. The van der Waals surface area contributed by atoms with Crippen molar-refractivity contribution in [3.8, 4) is 6.07 Å². The minimum Gasteiger partial charge on any atom is -0.356 e. The summed E-state index contributed by atoms with van der Waals surface area (Å²) in [5, 5.41) is 9.91. The molecule has 5 nitrogen and oxygen atoms in total. The highest BCUT2D eigenvalue weighted by Crippen LogP contribution is 2.35. The van der Waals surface area contributed by atoms with Crippen LogP contribution >= 0.6 is 0 Å². The fourth-order valence-electron chi connectivity index (χ4n) is 2.44. The van der Waals surface area contributed by atoms with E-state index in [4.69, 9.17) is 18.9 Å². The summed E-state index contributed by atoms with van der Waals surface area (Å²) in [6.07, 6.45) is -0.170. The monoisotopic (exact) mass is 307 g/mol. The van der Waals surface area contributed by atoms with Crippen LogP contribution in [0.15, 0.2) is 24.3 Å². The first-order valence-corrected chi connectivity index (χ1v) is 7.14. The summed E-state index contributed by atoms with van der Waals surface area (Å²) in [4.78, 5) is 0. The number of rotatable bonds is 9. The summed E-state index contributed by atoms with van der Waals surface area (Å²) in [5.74, 6) is 0. The van der Waals surface area contributed by atoms with Crippen molar-refractivity contribution in [2.24, 2.45) is 0 Å². The molecule has 0 radical (unpaired) electrons. The van der Waals surface area contributed by atoms with E-state index in [0.29, 0.717) is 12.8 Å². The minimum atomic E-state index is -0.818. The Hall–Kier alpha value is -1.45. The van der Waals surface area contributed by atoms with E-state index < -0.39 is 18.0 Å². The first-order valence-electron chi connectivity index (χ1n) is 7.14. The van der Waals surface area contributed by atoms with Gasteiger partial charge in [-0.3, -0.25) is 0 Å². The van der Waals surface area contributed by atoms with Gasteiger partial charge in [0.2, 0.25) is 0 Å². The van der Waals surface area contributed by atoms with Crippen LogP contribution < -0.4 is 0 Å². The Morgan fingerprint density at radius 3 is 1.64 bits per heavy atom. The zero-order valence-electron chi connectivity index (χ0n) is 14.0. The standard InChI is InChI=1S/C17H25NO4/c1-13-6-8-14(9-7-13)17(12-18,10-15(19-2)20-3)11-16(21-4)22-5/h6-9,15-16H,10-11H2,1-5H3. The Balaban J connectivity index is 3.21. The molecule has 5 heteroatoms. The molecular weight excluding hydrogens is 282 g/mol. The van der Waals surface area contributed by atoms with Gasteiger partial charge in [0.1, 0.15) is 0 Å². The molecule has 0 unspecified atom stereocenters. The summed E-state index contributed by atoms with van der Waals surface area (Å²) >= 11 is 0. The number of aryl methyl sites for hydroxylation is 1. The summed E-state index contributed by atoms with van der Waals surface area (Å²) in [6.45, 7) is 2.01. The molecule has 0 saturated carbocycles. The SMILES string of the molecule is COC(CC(C#N)(CC(OC)OC)c1ccc(C)cc1)OC. The van der Waals surface area contributed by atoms with Gasteiger partial charge < -0.3 is 18.9 Å². The molecule has 0 aliphatic carbocycles. The molecule has 0 amide bonds. The molecule has 22 heavy (non-hydrogen) atoms. The van der Waals surface area contributed by atoms with Gasteiger partial charge in [-0.25, -0.2) is 0 Å². The van der Waals surface area contributed by atoms with Crippen molar-refractivity contribution >= 4 is 0 Å². The van der Waals surface area contributed by atoms with Gasteiger partial charge in [-0.2, -0.15) is 5.26 Å². The number of benzene rings is 1. The molecule has 1 rings (SSSR count). The highest BCUT2D eigenvalue weighted by Gasteiger charge is 2.38. The zero-order valence-corrected chi connectivity index (χ0v) is 14.0. The van der Waals surface area contributed by atoms with Crippen molar-refractivity contribution < 1.29 is 18.9 Å². The van der Waals surface area contributed by atoms with Crippen LogP contribution in [0.4, 0.5) is 0 Å². The highest BCUT2D eigenvalue weighted by molar-refractivity contribution is 5.34. The van der Waals surface area contributed by atoms with E-state index in [9.17, 15) is 5.26 Å². The molecule has 0 N–H and O–H groups in total. The Morgan fingerprint density at radius 1 is 0.909 bits per heavy atom. The predicted octanol–water partition coefficient (Wildman–Crippen LogP) is 2.77. The largest absolute Gasteiger partial charge is 0.356 e. The summed E-state index contributed by atoms with van der Waals surface area (Å²) in [6, 6.07) is 10.3. The fourth-order valence-corrected chi connectivity index (χ4v) is 2.44. The lowest BCUT2D eigenvalue weighted by Gasteiger charge is -2.32. The van der Waals surface area contributed by atoms with E-state index >= 15 is 0 Å². The smallest absolute Gasteiger partial charge is 0.158 e. The minimum absolute atomic E-state index is 0.392. The van der Waals surface area contributed by atoms with Gasteiger partial charge in [-0.1, -0.05) is 29.8 Å². The maximum atomic E-state index is 9.91. The number of nitriles is 1. The third-order valence-electron chi connectivity index (χ3n) is 3.90. The van der Waals surface area contributed by atoms with Crippen molar-refractivity contribution in [1.29, 1.82) is 5.26 Å². The molecule has 0 heterocycles. The van der Waals surface area contributed by atoms with E-state index in [1.54, 1.807) is 28.4 Å². The van der Waals surface area contributed by atoms with Gasteiger partial charge in [0, 0.05) is 41.3 Å². The predicted molar refractivity (Wildman–Crippen MR) is 83.3 cm³/mol. The molecule has 1 aromatic rings. The highest BCUT2D eigenvalue weighted by atomic mass is 16.7. The van der Waals surface area contributed by atoms with Gasteiger partial charge in [0.25, 0.3) is 0 Å². The Kier molecular flexibility index (Phi) is 7.49. The number of hydrogen-bond acceptors (Lipinski definition) is 5. The average molecular weight is 307 g/mol. The lowest BCUT2D eigenvalue weighted by molar-refractivity contribution is -0.136. The lowest BCUT2D eigenvalue weighted by atomic mass is 9.75. The van der Waals surface area contributed by atoms with Crippen molar-refractivity contribution in [1.82, 2.24) is 0 Å². The molecule has 122 valence electrons. The molecule has 0 fully saturated rings. The van der Waals surface area contributed by atoms with Crippen molar-refractivity contribution in [3.63, 3.8) is 0 Å². The lowest BCUT2D eigenvalue weighted by Crippen LogP contribution is -2.36. The maximum absolute atomic E-state index is 9.91. The molecule has 0 aliphatic heterocycles. The van der Waals surface area contributed by atoms with Gasteiger partial charge in [0.05, 0.1) is 11.5 Å². The number of nitrogens with zero attached hydrogens (tertiary/aromatic N) is 1. The van der Waals surface area contributed by atoms with E-state index in [-0.39, 0.29) is 0 Å². The first kappa shape index (κ1) is 18.6. The fraction of sp³-hybridized carbons (Fsp3) is 0.588. The Bertz CT molecular complexity index is 458. The second-order valence-corrected chi connectivity index (χ2v) is 5.27. The molecular formula is C17H25NO4. The molecule has 1 aromatic carbocycles. The van der Waals surface area contributed by atoms with Crippen LogP contribution in [0.5, 0.6) is 0 Å². The van der Waals surface area contributed by atoms with Gasteiger partial charge >= 0.3 is 0 Å². The van der Waals surface area contributed by atoms with E-state index in [1.165, 1.54) is 0 Å². The topological polar surface area (TPSA) is 60.7 Å². The molecule has 0 saturated heterocycles. The van der Waals surface area contributed by atoms with Gasteiger partial charge in [-0.05, 0) is 12.5 Å². The second kappa shape index (κ2) is 8.86. The van der Waals surface area contributed by atoms with Crippen LogP contribution in [-0.4, -0.2) is 41.0 Å². The van der Waals surface area contributed by atoms with Crippen LogP contribution in [0.25, 0.3) is 0 Å². The summed E-state index contributed by atoms with van der Waals surface area (Å²) in [5.41, 5.74) is 1.22. The summed E-state index contributed by atoms with van der Waals surface area (Å²) < 4.78 is 21.2.